The molecule has 4 heteroatoms. The van der Waals surface area contributed by atoms with Crippen molar-refractivity contribution >= 4 is 11.3 Å². The van der Waals surface area contributed by atoms with Crippen molar-refractivity contribution in [2.75, 3.05) is 6.54 Å². The van der Waals surface area contributed by atoms with E-state index in [1.807, 2.05) is 18.5 Å². The Morgan fingerprint density at radius 3 is 3.16 bits per heavy atom. The molecule has 0 bridgehead atoms. The SMILES string of the molecule is CCc1nc(CN2CCCC2c2cccnc2)cs1. The summed E-state index contributed by atoms with van der Waals surface area (Å²) in [4.78, 5) is 11.5. The van der Waals surface area contributed by atoms with Crippen molar-refractivity contribution in [1.82, 2.24) is 14.9 Å². The van der Waals surface area contributed by atoms with Crippen LogP contribution in [0.2, 0.25) is 0 Å². The molecule has 1 aliphatic heterocycles. The topological polar surface area (TPSA) is 29.0 Å². The van der Waals surface area contributed by atoms with E-state index in [4.69, 9.17) is 0 Å². The Hall–Kier alpha value is -1.26. The van der Waals surface area contributed by atoms with Gasteiger partial charge < -0.3 is 0 Å². The number of nitrogens with zero attached hydrogens (tertiary/aromatic N) is 3. The van der Waals surface area contributed by atoms with E-state index in [0.29, 0.717) is 6.04 Å². The quantitative estimate of drug-likeness (QED) is 0.854. The first-order valence-electron chi connectivity index (χ1n) is 6.94. The molecule has 0 radical (unpaired) electrons. The van der Waals surface area contributed by atoms with E-state index in [1.54, 1.807) is 11.3 Å². The Morgan fingerprint density at radius 2 is 2.42 bits per heavy atom. The maximum atomic E-state index is 4.68. The van der Waals surface area contributed by atoms with Gasteiger partial charge >= 0.3 is 0 Å². The second-order valence-corrected chi connectivity index (χ2v) is 5.94. The first-order chi connectivity index (χ1) is 9.36. The monoisotopic (exact) mass is 273 g/mol. The van der Waals surface area contributed by atoms with Gasteiger partial charge in [0.2, 0.25) is 0 Å². The minimum Gasteiger partial charge on any atom is -0.290 e. The molecule has 1 atom stereocenters. The molecule has 0 aromatic carbocycles. The average molecular weight is 273 g/mol. The molecule has 100 valence electrons. The zero-order chi connectivity index (χ0) is 13.1. The molecule has 0 amide bonds. The third-order valence-electron chi connectivity index (χ3n) is 3.70. The van der Waals surface area contributed by atoms with Crippen LogP contribution in [0.1, 0.15) is 42.1 Å². The largest absolute Gasteiger partial charge is 0.290 e. The summed E-state index contributed by atoms with van der Waals surface area (Å²) in [6.45, 7) is 4.30. The molecule has 1 saturated heterocycles. The van der Waals surface area contributed by atoms with Gasteiger partial charge in [-0.2, -0.15) is 0 Å². The molecule has 1 fully saturated rings. The highest BCUT2D eigenvalue weighted by Crippen LogP contribution is 2.32. The normalized spacial score (nSPS) is 19.9. The Morgan fingerprint density at radius 1 is 1.47 bits per heavy atom. The summed E-state index contributed by atoms with van der Waals surface area (Å²) < 4.78 is 0. The van der Waals surface area contributed by atoms with Gasteiger partial charge in [-0.25, -0.2) is 4.98 Å². The number of aryl methyl sites for hydroxylation is 1. The van der Waals surface area contributed by atoms with E-state index in [0.717, 1.165) is 13.0 Å². The molecular weight excluding hydrogens is 254 g/mol. The van der Waals surface area contributed by atoms with Crippen LogP contribution >= 0.6 is 11.3 Å². The lowest BCUT2D eigenvalue weighted by Gasteiger charge is -2.23. The van der Waals surface area contributed by atoms with Gasteiger partial charge in [0.15, 0.2) is 0 Å². The highest BCUT2D eigenvalue weighted by molar-refractivity contribution is 7.09. The molecule has 0 N–H and O–H groups in total. The summed E-state index contributed by atoms with van der Waals surface area (Å²) >= 11 is 1.78. The van der Waals surface area contributed by atoms with Crippen molar-refractivity contribution in [1.29, 1.82) is 0 Å². The maximum absolute atomic E-state index is 4.68. The maximum Gasteiger partial charge on any atom is 0.0926 e. The fourth-order valence-electron chi connectivity index (χ4n) is 2.76. The summed E-state index contributed by atoms with van der Waals surface area (Å²) in [6, 6.07) is 4.73. The van der Waals surface area contributed by atoms with Gasteiger partial charge in [-0.3, -0.25) is 9.88 Å². The van der Waals surface area contributed by atoms with E-state index in [-0.39, 0.29) is 0 Å². The number of rotatable bonds is 4. The zero-order valence-electron chi connectivity index (χ0n) is 11.2. The van der Waals surface area contributed by atoms with E-state index in [9.17, 15) is 0 Å². The molecule has 0 aliphatic carbocycles. The van der Waals surface area contributed by atoms with Gasteiger partial charge in [-0.1, -0.05) is 13.0 Å². The van der Waals surface area contributed by atoms with Gasteiger partial charge in [0.1, 0.15) is 0 Å². The molecule has 3 rings (SSSR count). The molecule has 2 aromatic rings. The fourth-order valence-corrected chi connectivity index (χ4v) is 3.49. The smallest absolute Gasteiger partial charge is 0.0926 e. The summed E-state index contributed by atoms with van der Waals surface area (Å²) in [5, 5.41) is 3.45. The Labute approximate surface area is 118 Å². The van der Waals surface area contributed by atoms with Crippen LogP contribution < -0.4 is 0 Å². The number of pyridine rings is 1. The lowest BCUT2D eigenvalue weighted by atomic mass is 10.1. The second-order valence-electron chi connectivity index (χ2n) is 5.00. The molecule has 2 aromatic heterocycles. The van der Waals surface area contributed by atoms with Crippen LogP contribution in [0.3, 0.4) is 0 Å². The molecular formula is C15H19N3S. The van der Waals surface area contributed by atoms with Gasteiger partial charge in [-0.15, -0.1) is 11.3 Å². The number of hydrogen-bond acceptors (Lipinski definition) is 4. The van der Waals surface area contributed by atoms with Crippen molar-refractivity contribution in [2.45, 2.75) is 38.8 Å². The van der Waals surface area contributed by atoms with Gasteiger partial charge in [0.05, 0.1) is 10.7 Å². The van der Waals surface area contributed by atoms with Gasteiger partial charge in [0, 0.05) is 30.4 Å². The third kappa shape index (κ3) is 2.85. The lowest BCUT2D eigenvalue weighted by Crippen LogP contribution is -2.23. The summed E-state index contributed by atoms with van der Waals surface area (Å²) in [7, 11) is 0. The molecule has 1 unspecified atom stereocenters. The minimum atomic E-state index is 0.514. The van der Waals surface area contributed by atoms with E-state index < -0.39 is 0 Å². The van der Waals surface area contributed by atoms with Crippen LogP contribution in [0.4, 0.5) is 0 Å². The van der Waals surface area contributed by atoms with Crippen molar-refractivity contribution in [3.05, 3.63) is 46.2 Å². The number of aromatic nitrogens is 2. The number of hydrogen-bond donors (Lipinski definition) is 0. The lowest BCUT2D eigenvalue weighted by molar-refractivity contribution is 0.245. The van der Waals surface area contributed by atoms with Crippen LogP contribution in [0.25, 0.3) is 0 Å². The predicted octanol–water partition coefficient (Wildman–Crippen LogP) is 3.44. The molecule has 19 heavy (non-hydrogen) atoms. The summed E-state index contributed by atoms with van der Waals surface area (Å²) in [5.74, 6) is 0. The number of thiazole rings is 1. The first-order valence-corrected chi connectivity index (χ1v) is 7.82. The summed E-state index contributed by atoms with van der Waals surface area (Å²) in [5.41, 5.74) is 2.56. The van der Waals surface area contributed by atoms with Crippen molar-refractivity contribution in [3.63, 3.8) is 0 Å². The van der Waals surface area contributed by atoms with E-state index >= 15 is 0 Å². The number of likely N-dealkylation sites (tertiary alicyclic amines) is 1. The zero-order valence-corrected chi connectivity index (χ0v) is 12.1. The Bertz CT molecular complexity index is 523. The predicted molar refractivity (Wildman–Crippen MR) is 78.1 cm³/mol. The fraction of sp³-hybridized carbons (Fsp3) is 0.467. The van der Waals surface area contributed by atoms with Crippen molar-refractivity contribution in [3.8, 4) is 0 Å². The van der Waals surface area contributed by atoms with Crippen molar-refractivity contribution in [2.24, 2.45) is 0 Å². The highest BCUT2D eigenvalue weighted by atomic mass is 32.1. The van der Waals surface area contributed by atoms with Crippen LogP contribution in [-0.4, -0.2) is 21.4 Å². The molecule has 0 saturated carbocycles. The Kier molecular flexibility index (Phi) is 3.89. The average Bonchev–Trinajstić information content (AvgIpc) is 3.09. The second kappa shape index (κ2) is 5.80. The van der Waals surface area contributed by atoms with Crippen LogP contribution in [-0.2, 0) is 13.0 Å². The minimum absolute atomic E-state index is 0.514. The molecule has 3 heterocycles. The van der Waals surface area contributed by atoms with E-state index in [2.05, 4.69) is 33.2 Å². The van der Waals surface area contributed by atoms with Crippen molar-refractivity contribution < 1.29 is 0 Å². The molecule has 1 aliphatic rings. The van der Waals surface area contributed by atoms with E-state index in [1.165, 1.54) is 35.7 Å². The molecule has 3 nitrogen and oxygen atoms in total. The van der Waals surface area contributed by atoms with Gasteiger partial charge in [-0.05, 0) is 37.4 Å². The first kappa shape index (κ1) is 12.8. The summed E-state index contributed by atoms with van der Waals surface area (Å²) in [6.07, 6.45) is 7.38. The van der Waals surface area contributed by atoms with Crippen LogP contribution in [0.5, 0.6) is 0 Å². The van der Waals surface area contributed by atoms with Gasteiger partial charge in [0.25, 0.3) is 0 Å². The standard InChI is InChI=1S/C15H19N3S/c1-2-15-17-13(11-19-15)10-18-8-4-6-14(18)12-5-3-7-16-9-12/h3,5,7,9,11,14H,2,4,6,8,10H2,1H3. The Balaban J connectivity index is 1.73. The third-order valence-corrected chi connectivity index (χ3v) is 4.74. The molecule has 0 spiro atoms. The highest BCUT2D eigenvalue weighted by Gasteiger charge is 2.26. The van der Waals surface area contributed by atoms with Crippen LogP contribution in [0.15, 0.2) is 29.9 Å². The van der Waals surface area contributed by atoms with Crippen LogP contribution in [0, 0.1) is 0 Å².